The third kappa shape index (κ3) is 2.46. The molecule has 0 saturated heterocycles. The molecule has 0 fully saturated rings. The molecule has 0 bridgehead atoms. The van der Waals surface area contributed by atoms with Gasteiger partial charge in [-0.25, -0.2) is 0 Å². The van der Waals surface area contributed by atoms with Gasteiger partial charge in [-0.05, 0) is 29.0 Å². The summed E-state index contributed by atoms with van der Waals surface area (Å²) < 4.78 is 6.69. The summed E-state index contributed by atoms with van der Waals surface area (Å²) in [5.41, 5.74) is 1.03. The van der Waals surface area contributed by atoms with Crippen molar-refractivity contribution in [2.24, 2.45) is 0 Å². The number of benzene rings is 1. The minimum absolute atomic E-state index is 0.0480. The van der Waals surface area contributed by atoms with Crippen molar-refractivity contribution < 1.29 is 9.53 Å². The summed E-state index contributed by atoms with van der Waals surface area (Å²) in [4.78, 5) is 23.5. The fourth-order valence-electron chi connectivity index (χ4n) is 2.27. The number of carbonyl (C=O) groups is 1. The van der Waals surface area contributed by atoms with Crippen LogP contribution in [0.2, 0.25) is 0 Å². The third-order valence-electron chi connectivity index (χ3n) is 3.37. The molecule has 0 aliphatic carbocycles. The smallest absolute Gasteiger partial charge is 0.255 e. The summed E-state index contributed by atoms with van der Waals surface area (Å²) in [6, 6.07) is 7.44. The van der Waals surface area contributed by atoms with Crippen LogP contribution in [-0.2, 0) is 16.8 Å². The Bertz CT molecular complexity index is 708. The highest BCUT2D eigenvalue weighted by Gasteiger charge is 2.20. The van der Waals surface area contributed by atoms with E-state index in [4.69, 9.17) is 4.74 Å². The summed E-state index contributed by atoms with van der Waals surface area (Å²) in [5.74, 6) is 0.667. The molecule has 4 nitrogen and oxygen atoms in total. The molecule has 2 aromatic rings. The largest absolute Gasteiger partial charge is 0.497 e. The standard InChI is InChI=1S/C16H19NO3/c1-16(2,3)13-9-11-5-6-12(20-4)10-14(11)17(7-8-18)15(13)19/h5-6,8-10H,7H2,1-4H3. The van der Waals surface area contributed by atoms with Crippen LogP contribution >= 0.6 is 0 Å². The second-order valence-electron chi connectivity index (χ2n) is 5.82. The molecule has 4 heteroatoms. The Labute approximate surface area is 118 Å². The first-order chi connectivity index (χ1) is 9.38. The molecular formula is C16H19NO3. The Kier molecular flexibility index (Phi) is 3.66. The second kappa shape index (κ2) is 5.12. The summed E-state index contributed by atoms with van der Waals surface area (Å²) in [6.07, 6.45) is 0.743. The number of fused-ring (bicyclic) bond motifs is 1. The molecule has 20 heavy (non-hydrogen) atoms. The van der Waals surface area contributed by atoms with Crippen molar-refractivity contribution in [2.75, 3.05) is 7.11 Å². The van der Waals surface area contributed by atoms with Crippen LogP contribution < -0.4 is 10.3 Å². The van der Waals surface area contributed by atoms with Crippen molar-refractivity contribution in [3.05, 3.63) is 40.2 Å². The van der Waals surface area contributed by atoms with Crippen molar-refractivity contribution in [1.29, 1.82) is 0 Å². The summed E-state index contributed by atoms with van der Waals surface area (Å²) in [6.45, 7) is 6.02. The van der Waals surface area contributed by atoms with Gasteiger partial charge in [-0.1, -0.05) is 20.8 Å². The van der Waals surface area contributed by atoms with Gasteiger partial charge in [-0.15, -0.1) is 0 Å². The van der Waals surface area contributed by atoms with Gasteiger partial charge in [0, 0.05) is 11.6 Å². The fourth-order valence-corrected chi connectivity index (χ4v) is 2.27. The minimum Gasteiger partial charge on any atom is -0.497 e. The van der Waals surface area contributed by atoms with Gasteiger partial charge in [-0.2, -0.15) is 0 Å². The monoisotopic (exact) mass is 273 g/mol. The van der Waals surface area contributed by atoms with Crippen LogP contribution in [-0.4, -0.2) is 18.0 Å². The molecule has 2 rings (SSSR count). The predicted molar refractivity (Wildman–Crippen MR) is 79.5 cm³/mol. The van der Waals surface area contributed by atoms with E-state index in [1.807, 2.05) is 39.0 Å². The number of hydrogen-bond donors (Lipinski definition) is 0. The van der Waals surface area contributed by atoms with Gasteiger partial charge >= 0.3 is 0 Å². The maximum atomic E-state index is 12.6. The van der Waals surface area contributed by atoms with Gasteiger partial charge in [0.15, 0.2) is 0 Å². The Morgan fingerprint density at radius 2 is 1.95 bits per heavy atom. The van der Waals surface area contributed by atoms with E-state index in [0.29, 0.717) is 11.3 Å². The molecule has 106 valence electrons. The predicted octanol–water partition coefficient (Wildman–Crippen LogP) is 2.51. The minimum atomic E-state index is -0.268. The molecule has 0 radical (unpaired) electrons. The van der Waals surface area contributed by atoms with E-state index in [9.17, 15) is 9.59 Å². The van der Waals surface area contributed by atoms with E-state index in [1.165, 1.54) is 4.57 Å². The van der Waals surface area contributed by atoms with Crippen molar-refractivity contribution in [1.82, 2.24) is 4.57 Å². The Morgan fingerprint density at radius 3 is 2.50 bits per heavy atom. The molecule has 0 spiro atoms. The van der Waals surface area contributed by atoms with Crippen molar-refractivity contribution in [2.45, 2.75) is 32.7 Å². The number of hydrogen-bond acceptors (Lipinski definition) is 3. The first kappa shape index (κ1) is 14.3. The average Bonchev–Trinajstić information content (AvgIpc) is 2.40. The lowest BCUT2D eigenvalue weighted by molar-refractivity contribution is -0.108. The summed E-state index contributed by atoms with van der Waals surface area (Å²) in [7, 11) is 1.58. The zero-order valence-corrected chi connectivity index (χ0v) is 12.3. The molecule has 0 N–H and O–H groups in total. The molecule has 0 unspecified atom stereocenters. The van der Waals surface area contributed by atoms with Crippen LogP contribution in [0.3, 0.4) is 0 Å². The maximum absolute atomic E-state index is 12.6. The number of aldehydes is 1. The number of methoxy groups -OCH3 is 1. The van der Waals surface area contributed by atoms with E-state index in [-0.39, 0.29) is 17.5 Å². The van der Waals surface area contributed by atoms with E-state index < -0.39 is 0 Å². The van der Waals surface area contributed by atoms with E-state index in [0.717, 1.165) is 17.2 Å². The lowest BCUT2D eigenvalue weighted by atomic mass is 9.87. The van der Waals surface area contributed by atoms with Crippen LogP contribution in [0, 0.1) is 0 Å². The molecule has 1 heterocycles. The molecular weight excluding hydrogens is 254 g/mol. The van der Waals surface area contributed by atoms with Crippen LogP contribution in [0.15, 0.2) is 29.1 Å². The van der Waals surface area contributed by atoms with E-state index in [1.54, 1.807) is 13.2 Å². The number of aromatic nitrogens is 1. The normalized spacial score (nSPS) is 11.6. The highest BCUT2D eigenvalue weighted by molar-refractivity contribution is 5.82. The lowest BCUT2D eigenvalue weighted by Crippen LogP contribution is -2.31. The molecule has 1 aromatic heterocycles. The fraction of sp³-hybridized carbons (Fsp3) is 0.375. The van der Waals surface area contributed by atoms with Crippen LogP contribution in [0.5, 0.6) is 5.75 Å². The molecule has 0 aliphatic rings. The molecule has 0 aliphatic heterocycles. The molecule has 0 saturated carbocycles. The first-order valence-corrected chi connectivity index (χ1v) is 6.54. The molecule has 1 aromatic carbocycles. The van der Waals surface area contributed by atoms with Gasteiger partial charge in [0.1, 0.15) is 12.0 Å². The topological polar surface area (TPSA) is 48.3 Å². The number of ether oxygens (including phenoxy) is 1. The van der Waals surface area contributed by atoms with Crippen molar-refractivity contribution in [3.63, 3.8) is 0 Å². The number of pyridine rings is 1. The Morgan fingerprint density at radius 1 is 1.25 bits per heavy atom. The van der Waals surface area contributed by atoms with Gasteiger partial charge < -0.3 is 14.1 Å². The van der Waals surface area contributed by atoms with Crippen molar-refractivity contribution in [3.8, 4) is 5.75 Å². The van der Waals surface area contributed by atoms with E-state index >= 15 is 0 Å². The quantitative estimate of drug-likeness (QED) is 0.807. The zero-order valence-electron chi connectivity index (χ0n) is 12.3. The van der Waals surface area contributed by atoms with Gasteiger partial charge in [0.25, 0.3) is 5.56 Å². The van der Waals surface area contributed by atoms with Crippen molar-refractivity contribution >= 4 is 17.2 Å². The van der Waals surface area contributed by atoms with Crippen LogP contribution in [0.1, 0.15) is 26.3 Å². The molecule has 0 atom stereocenters. The highest BCUT2D eigenvalue weighted by atomic mass is 16.5. The maximum Gasteiger partial charge on any atom is 0.255 e. The van der Waals surface area contributed by atoms with Crippen LogP contribution in [0.4, 0.5) is 0 Å². The average molecular weight is 273 g/mol. The lowest BCUT2D eigenvalue weighted by Gasteiger charge is -2.21. The highest BCUT2D eigenvalue weighted by Crippen LogP contribution is 2.25. The zero-order chi connectivity index (χ0) is 14.9. The van der Waals surface area contributed by atoms with Gasteiger partial charge in [-0.3, -0.25) is 4.79 Å². The third-order valence-corrected chi connectivity index (χ3v) is 3.37. The SMILES string of the molecule is COc1ccc2cc(C(C)(C)C)c(=O)n(CC=O)c2c1. The molecule has 0 amide bonds. The van der Waals surface area contributed by atoms with E-state index in [2.05, 4.69) is 0 Å². The number of rotatable bonds is 3. The number of carbonyl (C=O) groups excluding carboxylic acids is 1. The summed E-state index contributed by atoms with van der Waals surface area (Å²) >= 11 is 0. The van der Waals surface area contributed by atoms with Gasteiger partial charge in [0.05, 0.1) is 19.2 Å². The summed E-state index contributed by atoms with van der Waals surface area (Å²) in [5, 5.41) is 0.928. The Balaban J connectivity index is 2.87. The first-order valence-electron chi connectivity index (χ1n) is 6.54. The number of nitrogens with zero attached hydrogens (tertiary/aromatic N) is 1. The van der Waals surface area contributed by atoms with Crippen LogP contribution in [0.25, 0.3) is 10.9 Å². The van der Waals surface area contributed by atoms with Gasteiger partial charge in [0.2, 0.25) is 0 Å². The Hall–Kier alpha value is -2.10. The second-order valence-corrected chi connectivity index (χ2v) is 5.82.